The highest BCUT2D eigenvalue weighted by Crippen LogP contribution is 2.50. The van der Waals surface area contributed by atoms with Crippen molar-refractivity contribution in [3.63, 3.8) is 0 Å². The van der Waals surface area contributed by atoms with E-state index in [9.17, 15) is 19.2 Å². The number of imidazole rings is 2. The van der Waals surface area contributed by atoms with Crippen LogP contribution in [-0.2, 0) is 28.5 Å². The van der Waals surface area contributed by atoms with Crippen molar-refractivity contribution in [2.45, 2.75) is 120 Å². The van der Waals surface area contributed by atoms with Gasteiger partial charge in [0.1, 0.15) is 29.5 Å². The number of fused-ring (bicyclic) bond motifs is 2. The summed E-state index contributed by atoms with van der Waals surface area (Å²) < 4.78 is 37.1. The quantitative estimate of drug-likeness (QED) is 0.0868. The molecular weight excluding hydrogens is 862 g/mol. The Bertz CT molecular complexity index is 2500. The fourth-order valence-electron chi connectivity index (χ4n) is 10.4. The van der Waals surface area contributed by atoms with Crippen molar-refractivity contribution >= 4 is 51.8 Å². The highest BCUT2D eigenvalue weighted by atomic mass is 19.1. The molecule has 0 unspecified atom stereocenters. The van der Waals surface area contributed by atoms with Crippen LogP contribution in [0.5, 0.6) is 0 Å². The number of aromatic amines is 2. The number of methoxy groups -OCH3 is 4. The Balaban J connectivity index is 1.01. The number of ether oxygens (including phenoxy) is 4. The molecule has 8 atom stereocenters. The lowest BCUT2D eigenvalue weighted by Crippen LogP contribution is -2.54. The number of carbonyl (C=O) groups excluding carboxylic acids is 4. The lowest BCUT2D eigenvalue weighted by Gasteiger charge is -2.33. The van der Waals surface area contributed by atoms with E-state index >= 15 is 4.39 Å². The number of nitrogens with zero attached hydrogens (tertiary/aromatic N) is 5. The van der Waals surface area contributed by atoms with Crippen molar-refractivity contribution in [3.05, 3.63) is 88.8 Å². The Hall–Kier alpha value is -6.27. The van der Waals surface area contributed by atoms with Gasteiger partial charge in [-0.15, -0.1) is 0 Å². The van der Waals surface area contributed by atoms with Gasteiger partial charge >= 0.3 is 12.2 Å². The van der Waals surface area contributed by atoms with E-state index in [4.69, 9.17) is 28.9 Å². The SMILES string of the molecule is COC(=O)N[C@H](C(=O)N1CCC[C@H]1c1nc2ccc([C@@H]3CC[C@@H](c4ccc5nc([C@@H]6CCCN6C(=O)[C@@H](NC(=O)OC)[C@@H](C)OC)[nH]c5c4)N3c3ccc(C4CC4)cc3F)cc2[nH]1)[C@@H](C)OC. The first-order chi connectivity index (χ1) is 32.4. The summed E-state index contributed by atoms with van der Waals surface area (Å²) in [6.45, 7) is 4.46. The molecule has 4 amide bonds. The van der Waals surface area contributed by atoms with Crippen molar-refractivity contribution in [2.24, 2.45) is 0 Å². The first-order valence-electron chi connectivity index (χ1n) is 23.3. The molecule has 1 saturated carbocycles. The lowest BCUT2D eigenvalue weighted by atomic mass is 10.0. The topological polar surface area (TPSA) is 196 Å². The van der Waals surface area contributed by atoms with Crippen LogP contribution in [0.25, 0.3) is 22.1 Å². The van der Waals surface area contributed by atoms with Gasteiger partial charge in [0.25, 0.3) is 0 Å². The fraction of sp³-hybridized carbons (Fsp3) is 0.510. The van der Waals surface area contributed by atoms with E-state index in [0.717, 1.165) is 77.3 Å². The van der Waals surface area contributed by atoms with Crippen LogP contribution < -0.4 is 15.5 Å². The summed E-state index contributed by atoms with van der Waals surface area (Å²) in [6.07, 6.45) is 3.95. The molecule has 0 radical (unpaired) electrons. The van der Waals surface area contributed by atoms with Crippen LogP contribution in [0.1, 0.15) is 124 Å². The Morgan fingerprint density at radius 1 is 0.627 bits per heavy atom. The van der Waals surface area contributed by atoms with Gasteiger partial charge in [0.05, 0.1) is 78.3 Å². The van der Waals surface area contributed by atoms with Gasteiger partial charge in [-0.2, -0.15) is 0 Å². The molecule has 4 aliphatic rings. The number of rotatable bonds is 14. The molecular formula is C49H60FN9O8. The fourth-order valence-corrected chi connectivity index (χ4v) is 10.4. The predicted molar refractivity (Wildman–Crippen MR) is 247 cm³/mol. The molecule has 9 rings (SSSR count). The molecule has 67 heavy (non-hydrogen) atoms. The van der Waals surface area contributed by atoms with E-state index in [1.165, 1.54) is 28.4 Å². The third-order valence-corrected chi connectivity index (χ3v) is 14.3. The molecule has 0 bridgehead atoms. The summed E-state index contributed by atoms with van der Waals surface area (Å²) in [5.74, 6) is 0.906. The van der Waals surface area contributed by atoms with E-state index in [2.05, 4.69) is 55.8 Å². The van der Waals surface area contributed by atoms with Gasteiger partial charge < -0.3 is 54.2 Å². The predicted octanol–water partition coefficient (Wildman–Crippen LogP) is 7.38. The molecule has 18 heteroatoms. The lowest BCUT2D eigenvalue weighted by molar-refractivity contribution is -0.138. The molecule has 3 aliphatic heterocycles. The second-order valence-corrected chi connectivity index (χ2v) is 18.3. The normalized spacial score (nSPS) is 22.5. The molecule has 0 spiro atoms. The average Bonchev–Trinajstić information content (AvgIpc) is 3.88. The molecule has 5 heterocycles. The molecule has 17 nitrogen and oxygen atoms in total. The third kappa shape index (κ3) is 9.00. The molecule has 356 valence electrons. The number of benzene rings is 3. The van der Waals surface area contributed by atoms with Crippen LogP contribution in [0.2, 0.25) is 0 Å². The van der Waals surface area contributed by atoms with Crippen LogP contribution in [0.3, 0.4) is 0 Å². The Morgan fingerprint density at radius 3 is 1.51 bits per heavy atom. The molecule has 1 aliphatic carbocycles. The number of nitrogens with one attached hydrogen (secondary N) is 4. The monoisotopic (exact) mass is 921 g/mol. The zero-order valence-electron chi connectivity index (χ0n) is 38.8. The standard InChI is InChI=1S/C49H60FN9O8/c1-26(64-3)42(55-48(62)66-5)46(60)57-21-7-9-40(57)44-51-33-16-13-30(24-35(33)53-44)37-19-20-38(59(37)39-18-15-29(23-32(39)50)28-11-12-28)31-14-17-34-36(25-31)54-45(52-34)41-10-8-22-58(41)47(61)43(27(2)65-4)56-49(63)67-6/h13-18,23-28,37-38,40-43H,7-12,19-22H2,1-6H3,(H,51,53)(H,52,54)(H,55,62)(H,56,63)/t26-,27-,37+,38+,40+,41+,42+,43+/m1/s1. The van der Waals surface area contributed by atoms with Crippen molar-refractivity contribution < 1.29 is 42.5 Å². The van der Waals surface area contributed by atoms with Gasteiger partial charge in [-0.25, -0.2) is 23.9 Å². The number of amides is 4. The number of carbonyl (C=O) groups is 4. The Labute approximate surface area is 388 Å². The Kier molecular flexibility index (Phi) is 13.1. The van der Waals surface area contributed by atoms with Crippen molar-refractivity contribution in [3.8, 4) is 0 Å². The first-order valence-corrected chi connectivity index (χ1v) is 23.3. The van der Waals surface area contributed by atoms with Crippen molar-refractivity contribution in [2.75, 3.05) is 46.4 Å². The average molecular weight is 922 g/mol. The van der Waals surface area contributed by atoms with Gasteiger partial charge in [0, 0.05) is 27.3 Å². The molecule has 5 aromatic rings. The zero-order valence-corrected chi connectivity index (χ0v) is 38.8. The smallest absolute Gasteiger partial charge is 0.407 e. The number of aromatic nitrogens is 4. The minimum absolute atomic E-state index is 0.181. The van der Waals surface area contributed by atoms with Gasteiger partial charge in [-0.3, -0.25) is 9.59 Å². The summed E-state index contributed by atoms with van der Waals surface area (Å²) in [5.41, 5.74) is 6.69. The van der Waals surface area contributed by atoms with E-state index < -0.39 is 36.5 Å². The van der Waals surface area contributed by atoms with Crippen LogP contribution >= 0.6 is 0 Å². The van der Waals surface area contributed by atoms with Crippen molar-refractivity contribution in [1.82, 2.24) is 40.4 Å². The number of halogens is 1. The highest BCUT2D eigenvalue weighted by Gasteiger charge is 2.42. The maximum atomic E-state index is 16.6. The number of hydrogen-bond donors (Lipinski definition) is 4. The number of alkyl carbamates (subject to hydrolysis) is 2. The molecule has 3 saturated heterocycles. The van der Waals surface area contributed by atoms with E-state index in [-0.39, 0.29) is 41.8 Å². The molecule has 2 aromatic heterocycles. The number of hydrogen-bond acceptors (Lipinski definition) is 11. The maximum Gasteiger partial charge on any atom is 0.407 e. The number of H-pyrrole nitrogens is 2. The van der Waals surface area contributed by atoms with E-state index in [1.807, 2.05) is 18.2 Å². The van der Waals surface area contributed by atoms with Crippen LogP contribution in [0, 0.1) is 5.82 Å². The highest BCUT2D eigenvalue weighted by molar-refractivity contribution is 5.88. The second-order valence-electron chi connectivity index (χ2n) is 18.3. The second kappa shape index (κ2) is 19.1. The summed E-state index contributed by atoms with van der Waals surface area (Å²) in [5, 5.41) is 5.29. The summed E-state index contributed by atoms with van der Waals surface area (Å²) >= 11 is 0. The largest absolute Gasteiger partial charge is 0.453 e. The van der Waals surface area contributed by atoms with Crippen LogP contribution in [0.4, 0.5) is 19.7 Å². The van der Waals surface area contributed by atoms with Gasteiger partial charge in [-0.05, 0) is 124 Å². The van der Waals surface area contributed by atoms with E-state index in [0.29, 0.717) is 49.2 Å². The number of likely N-dealkylation sites (tertiary alicyclic amines) is 2. The molecule has 3 aromatic carbocycles. The Morgan fingerprint density at radius 2 is 1.09 bits per heavy atom. The minimum Gasteiger partial charge on any atom is -0.453 e. The van der Waals surface area contributed by atoms with Gasteiger partial charge in [-0.1, -0.05) is 18.2 Å². The molecule has 4 N–H and O–H groups in total. The van der Waals surface area contributed by atoms with Gasteiger partial charge in [0.2, 0.25) is 11.8 Å². The minimum atomic E-state index is -0.944. The van der Waals surface area contributed by atoms with Crippen molar-refractivity contribution in [1.29, 1.82) is 0 Å². The zero-order chi connectivity index (χ0) is 47.1. The summed E-state index contributed by atoms with van der Waals surface area (Å²) in [7, 11) is 5.50. The van der Waals surface area contributed by atoms with Gasteiger partial charge in [0.15, 0.2) is 0 Å². The first kappa shape index (κ1) is 45.9. The maximum absolute atomic E-state index is 16.6. The summed E-state index contributed by atoms with van der Waals surface area (Å²) in [4.78, 5) is 75.0. The third-order valence-electron chi connectivity index (χ3n) is 14.3. The summed E-state index contributed by atoms with van der Waals surface area (Å²) in [6, 6.07) is 15.1. The van der Waals surface area contributed by atoms with Crippen LogP contribution in [0.15, 0.2) is 54.6 Å². The number of anilines is 1. The molecule has 4 fully saturated rings. The van der Waals surface area contributed by atoms with E-state index in [1.54, 1.807) is 29.7 Å². The van der Waals surface area contributed by atoms with Crippen LogP contribution in [-0.4, -0.2) is 120 Å².